The van der Waals surface area contributed by atoms with Crippen LogP contribution in [0.3, 0.4) is 0 Å². The number of aliphatic hydroxyl groups is 4. The zero-order valence-electron chi connectivity index (χ0n) is 15.4. The predicted octanol–water partition coefficient (Wildman–Crippen LogP) is 1.11. The van der Waals surface area contributed by atoms with E-state index in [-0.39, 0.29) is 11.5 Å². The van der Waals surface area contributed by atoms with Gasteiger partial charge in [0.15, 0.2) is 0 Å². The van der Waals surface area contributed by atoms with Crippen LogP contribution in [0.4, 0.5) is 0 Å². The SMILES string of the molecule is O=P(OC[C@@]1(CO)O[C@H](CO)[C@@H](O)[C@@H]1O)(Oc1ccccc1)Oc1ccccc1. The molecule has 2 aromatic carbocycles. The normalized spacial score (nSPS) is 27.0. The molecule has 0 bridgehead atoms. The Hall–Kier alpha value is -1.97. The molecule has 0 aliphatic carbocycles. The molecule has 0 unspecified atom stereocenters. The van der Waals surface area contributed by atoms with Gasteiger partial charge in [-0.25, -0.2) is 4.57 Å². The first kappa shape index (κ1) is 21.7. The van der Waals surface area contributed by atoms with E-state index in [1.54, 1.807) is 60.7 Å². The minimum Gasteiger partial charge on any atom is -0.395 e. The van der Waals surface area contributed by atoms with Crippen molar-refractivity contribution in [1.82, 2.24) is 0 Å². The van der Waals surface area contributed by atoms with Gasteiger partial charge in [0.2, 0.25) is 0 Å². The Morgan fingerprint density at radius 1 is 0.931 bits per heavy atom. The van der Waals surface area contributed by atoms with Gasteiger partial charge >= 0.3 is 7.82 Å². The summed E-state index contributed by atoms with van der Waals surface area (Å²) in [7, 11) is -4.29. The molecule has 0 spiro atoms. The number of benzene rings is 2. The van der Waals surface area contributed by atoms with Gasteiger partial charge in [-0.2, -0.15) is 0 Å². The van der Waals surface area contributed by atoms with E-state index in [9.17, 15) is 25.0 Å². The first-order chi connectivity index (χ1) is 13.9. The number of aliphatic hydroxyl groups excluding tert-OH is 4. The summed E-state index contributed by atoms with van der Waals surface area (Å²) in [6.07, 6.45) is -4.18. The van der Waals surface area contributed by atoms with Gasteiger partial charge in [0.05, 0.1) is 19.8 Å². The lowest BCUT2D eigenvalue weighted by Crippen LogP contribution is -2.50. The largest absolute Gasteiger partial charge is 0.587 e. The van der Waals surface area contributed by atoms with E-state index in [2.05, 4.69) is 0 Å². The average Bonchev–Trinajstić information content (AvgIpc) is 2.99. The zero-order chi connectivity index (χ0) is 20.9. The number of phosphoric acid groups is 1. The molecule has 9 nitrogen and oxygen atoms in total. The van der Waals surface area contributed by atoms with Gasteiger partial charge in [-0.3, -0.25) is 4.52 Å². The quantitative estimate of drug-likeness (QED) is 0.435. The molecule has 3 rings (SSSR count). The van der Waals surface area contributed by atoms with Crippen LogP contribution in [0.2, 0.25) is 0 Å². The minimum absolute atomic E-state index is 0.214. The number of hydrogen-bond acceptors (Lipinski definition) is 9. The van der Waals surface area contributed by atoms with E-state index in [0.29, 0.717) is 0 Å². The van der Waals surface area contributed by atoms with Crippen LogP contribution in [0, 0.1) is 0 Å². The third kappa shape index (κ3) is 4.96. The van der Waals surface area contributed by atoms with Crippen molar-refractivity contribution >= 4 is 7.82 Å². The molecule has 4 N–H and O–H groups in total. The number of phosphoric ester groups is 1. The fourth-order valence-electron chi connectivity index (χ4n) is 2.88. The number of para-hydroxylation sites is 2. The molecular formula is C19H23O9P. The lowest BCUT2D eigenvalue weighted by molar-refractivity contribution is -0.138. The van der Waals surface area contributed by atoms with Crippen LogP contribution in [-0.4, -0.2) is 64.2 Å². The number of hydrogen-bond donors (Lipinski definition) is 4. The fraction of sp³-hybridized carbons (Fsp3) is 0.368. The van der Waals surface area contributed by atoms with Gasteiger partial charge in [-0.05, 0) is 24.3 Å². The molecule has 0 radical (unpaired) electrons. The molecule has 2 aromatic rings. The molecular weight excluding hydrogens is 403 g/mol. The van der Waals surface area contributed by atoms with Gasteiger partial charge in [0, 0.05) is 0 Å². The summed E-state index contributed by atoms with van der Waals surface area (Å²) < 4.78 is 35.0. The summed E-state index contributed by atoms with van der Waals surface area (Å²) >= 11 is 0. The lowest BCUT2D eigenvalue weighted by atomic mass is 9.96. The van der Waals surface area contributed by atoms with Crippen LogP contribution in [0.15, 0.2) is 60.7 Å². The van der Waals surface area contributed by atoms with Crippen LogP contribution in [0.25, 0.3) is 0 Å². The van der Waals surface area contributed by atoms with E-state index in [4.69, 9.17) is 18.3 Å². The van der Waals surface area contributed by atoms with Gasteiger partial charge in [-0.15, -0.1) is 0 Å². The monoisotopic (exact) mass is 426 g/mol. The Labute approximate surface area is 167 Å². The van der Waals surface area contributed by atoms with E-state index in [1.165, 1.54) is 0 Å². The average molecular weight is 426 g/mol. The van der Waals surface area contributed by atoms with Crippen molar-refractivity contribution in [2.45, 2.75) is 23.9 Å². The molecule has 0 saturated carbocycles. The molecule has 1 heterocycles. The molecule has 1 fully saturated rings. The second-order valence-electron chi connectivity index (χ2n) is 6.53. The Balaban J connectivity index is 1.82. The highest BCUT2D eigenvalue weighted by atomic mass is 31.2. The maximum Gasteiger partial charge on any atom is 0.587 e. The van der Waals surface area contributed by atoms with E-state index < -0.39 is 51.6 Å². The highest BCUT2D eigenvalue weighted by Crippen LogP contribution is 2.51. The van der Waals surface area contributed by atoms with Crippen LogP contribution < -0.4 is 9.05 Å². The van der Waals surface area contributed by atoms with Gasteiger partial charge in [0.25, 0.3) is 0 Å². The van der Waals surface area contributed by atoms with Crippen LogP contribution >= 0.6 is 7.82 Å². The first-order valence-corrected chi connectivity index (χ1v) is 10.4. The third-order valence-corrected chi connectivity index (χ3v) is 5.78. The Kier molecular flexibility index (Phi) is 6.92. The molecule has 1 aliphatic rings. The highest BCUT2D eigenvalue weighted by Gasteiger charge is 2.55. The molecule has 1 saturated heterocycles. The van der Waals surface area contributed by atoms with Crippen LogP contribution in [-0.2, 0) is 13.8 Å². The van der Waals surface area contributed by atoms with Gasteiger partial charge < -0.3 is 34.2 Å². The molecule has 158 valence electrons. The van der Waals surface area contributed by atoms with Crippen molar-refractivity contribution in [2.24, 2.45) is 0 Å². The van der Waals surface area contributed by atoms with E-state index >= 15 is 0 Å². The van der Waals surface area contributed by atoms with E-state index in [0.717, 1.165) is 0 Å². The smallest absolute Gasteiger partial charge is 0.395 e. The first-order valence-electron chi connectivity index (χ1n) is 8.91. The van der Waals surface area contributed by atoms with Gasteiger partial charge in [-0.1, -0.05) is 36.4 Å². The Bertz CT molecular complexity index is 773. The Morgan fingerprint density at radius 3 is 1.86 bits per heavy atom. The maximum absolute atomic E-state index is 13.3. The highest BCUT2D eigenvalue weighted by molar-refractivity contribution is 7.49. The maximum atomic E-state index is 13.3. The molecule has 10 heteroatoms. The lowest BCUT2D eigenvalue weighted by Gasteiger charge is -2.30. The van der Waals surface area contributed by atoms with Crippen molar-refractivity contribution < 1.29 is 43.3 Å². The Morgan fingerprint density at radius 2 is 1.45 bits per heavy atom. The second-order valence-corrected chi connectivity index (χ2v) is 8.04. The topological polar surface area (TPSA) is 135 Å². The molecule has 0 amide bonds. The summed E-state index contributed by atoms with van der Waals surface area (Å²) in [4.78, 5) is 0. The number of rotatable bonds is 9. The van der Waals surface area contributed by atoms with Crippen molar-refractivity contribution in [3.8, 4) is 11.5 Å². The summed E-state index contributed by atoms with van der Waals surface area (Å²) in [6, 6.07) is 16.4. The summed E-state index contributed by atoms with van der Waals surface area (Å²) in [5.41, 5.74) is -1.82. The van der Waals surface area contributed by atoms with Crippen LogP contribution in [0.5, 0.6) is 11.5 Å². The van der Waals surface area contributed by atoms with Crippen molar-refractivity contribution in [3.63, 3.8) is 0 Å². The molecule has 4 atom stereocenters. The molecule has 0 aromatic heterocycles. The van der Waals surface area contributed by atoms with Crippen molar-refractivity contribution in [1.29, 1.82) is 0 Å². The summed E-state index contributed by atoms with van der Waals surface area (Å²) in [5.74, 6) is 0.428. The van der Waals surface area contributed by atoms with Crippen molar-refractivity contribution in [3.05, 3.63) is 60.7 Å². The molecule has 1 aliphatic heterocycles. The summed E-state index contributed by atoms with van der Waals surface area (Å²) in [6.45, 7) is -1.98. The zero-order valence-corrected chi connectivity index (χ0v) is 16.3. The minimum atomic E-state index is -4.29. The van der Waals surface area contributed by atoms with Gasteiger partial charge in [0.1, 0.15) is 35.4 Å². The summed E-state index contributed by atoms with van der Waals surface area (Å²) in [5, 5.41) is 39.3. The van der Waals surface area contributed by atoms with E-state index in [1.807, 2.05) is 0 Å². The van der Waals surface area contributed by atoms with Crippen LogP contribution in [0.1, 0.15) is 0 Å². The molecule has 29 heavy (non-hydrogen) atoms. The fourth-order valence-corrected chi connectivity index (χ4v) is 4.16. The standard InChI is InChI=1S/C19H23O9P/c20-11-16-17(22)18(23)19(12-21,26-16)13-25-29(24,27-14-7-3-1-4-8-14)28-15-9-5-2-6-10-15/h1-10,16-18,20-23H,11-13H2/t16-,17-,18+,19-/m1/s1. The third-order valence-electron chi connectivity index (χ3n) is 4.46. The predicted molar refractivity (Wildman–Crippen MR) is 101 cm³/mol. The second kappa shape index (κ2) is 9.23. The van der Waals surface area contributed by atoms with Crippen molar-refractivity contribution in [2.75, 3.05) is 19.8 Å². The number of ether oxygens (including phenoxy) is 1.